The molecular formula is C16H36N2O2. The lowest BCUT2D eigenvalue weighted by Gasteiger charge is -2.36. The summed E-state index contributed by atoms with van der Waals surface area (Å²) in [6.45, 7) is 15.1. The summed E-state index contributed by atoms with van der Waals surface area (Å²) in [5, 5.41) is 0. The number of hydrogen-bond acceptors (Lipinski definition) is 4. The second-order valence-electron chi connectivity index (χ2n) is 7.17. The van der Waals surface area contributed by atoms with Gasteiger partial charge in [-0.05, 0) is 54.4 Å². The van der Waals surface area contributed by atoms with E-state index in [1.165, 1.54) is 0 Å². The molecule has 0 saturated heterocycles. The third-order valence-corrected chi connectivity index (χ3v) is 3.50. The van der Waals surface area contributed by atoms with Crippen molar-refractivity contribution < 1.29 is 9.47 Å². The molecule has 0 amide bonds. The van der Waals surface area contributed by atoms with Gasteiger partial charge in [-0.2, -0.15) is 0 Å². The van der Waals surface area contributed by atoms with Crippen LogP contribution in [0, 0.1) is 0 Å². The molecule has 0 spiro atoms. The van der Waals surface area contributed by atoms with Crippen LogP contribution in [0.1, 0.15) is 67.7 Å². The van der Waals surface area contributed by atoms with Gasteiger partial charge in [-0.3, -0.25) is 0 Å². The maximum atomic E-state index is 6.25. The highest BCUT2D eigenvalue weighted by Crippen LogP contribution is 2.27. The minimum atomic E-state index is -0.226. The fourth-order valence-electron chi connectivity index (χ4n) is 2.59. The molecule has 4 unspecified atom stereocenters. The zero-order valence-corrected chi connectivity index (χ0v) is 14.5. The van der Waals surface area contributed by atoms with Crippen LogP contribution < -0.4 is 11.5 Å². The first-order chi connectivity index (χ1) is 8.99. The molecule has 0 saturated carbocycles. The highest BCUT2D eigenvalue weighted by atomic mass is 16.5. The molecule has 0 aliphatic rings. The average molecular weight is 288 g/mol. The summed E-state index contributed by atoms with van der Waals surface area (Å²) in [5.41, 5.74) is 11.3. The lowest BCUT2D eigenvalue weighted by Crippen LogP contribution is -2.41. The van der Waals surface area contributed by atoms with Gasteiger partial charge in [-0.15, -0.1) is 0 Å². The third kappa shape index (κ3) is 8.90. The van der Waals surface area contributed by atoms with Gasteiger partial charge >= 0.3 is 0 Å². The van der Waals surface area contributed by atoms with Gasteiger partial charge < -0.3 is 20.9 Å². The van der Waals surface area contributed by atoms with Crippen LogP contribution in [0.2, 0.25) is 0 Å². The molecule has 0 heterocycles. The Bertz CT molecular complexity index is 267. The lowest BCUT2D eigenvalue weighted by atomic mass is 9.93. The normalized spacial score (nSPS) is 20.2. The number of nitrogens with two attached hydrogens (primary N) is 2. The van der Waals surface area contributed by atoms with Crippen LogP contribution in [0.15, 0.2) is 0 Å². The molecule has 20 heavy (non-hydrogen) atoms. The Hall–Kier alpha value is -0.160. The predicted molar refractivity (Wildman–Crippen MR) is 85.8 cm³/mol. The molecular weight excluding hydrogens is 252 g/mol. The predicted octanol–water partition coefficient (Wildman–Crippen LogP) is 2.83. The molecule has 0 aliphatic carbocycles. The van der Waals surface area contributed by atoms with E-state index in [2.05, 4.69) is 34.6 Å². The second kappa shape index (κ2) is 8.32. The molecule has 0 aromatic carbocycles. The lowest BCUT2D eigenvalue weighted by molar-refractivity contribution is -0.121. The maximum Gasteiger partial charge on any atom is 0.0670 e. The number of rotatable bonds is 10. The number of hydrogen-bond donors (Lipinski definition) is 2. The summed E-state index contributed by atoms with van der Waals surface area (Å²) in [7, 11) is 0. The van der Waals surface area contributed by atoms with Crippen molar-refractivity contribution in [2.75, 3.05) is 6.61 Å². The minimum Gasteiger partial charge on any atom is -0.374 e. The van der Waals surface area contributed by atoms with Gasteiger partial charge in [0.05, 0.1) is 23.9 Å². The molecule has 4 atom stereocenters. The fourth-order valence-corrected chi connectivity index (χ4v) is 2.59. The van der Waals surface area contributed by atoms with Crippen molar-refractivity contribution in [1.29, 1.82) is 0 Å². The topological polar surface area (TPSA) is 70.5 Å². The molecule has 0 aromatic rings. The van der Waals surface area contributed by atoms with Crippen LogP contribution in [0.3, 0.4) is 0 Å². The molecule has 4 nitrogen and oxygen atoms in total. The van der Waals surface area contributed by atoms with E-state index in [1.807, 2.05) is 13.8 Å². The van der Waals surface area contributed by atoms with E-state index >= 15 is 0 Å². The third-order valence-electron chi connectivity index (χ3n) is 3.50. The summed E-state index contributed by atoms with van der Waals surface area (Å²) in [6.07, 6.45) is 2.80. The van der Waals surface area contributed by atoms with Crippen molar-refractivity contribution in [2.45, 2.75) is 97.1 Å². The van der Waals surface area contributed by atoms with E-state index in [1.54, 1.807) is 0 Å². The van der Waals surface area contributed by atoms with E-state index < -0.39 is 0 Å². The van der Waals surface area contributed by atoms with Crippen LogP contribution in [-0.4, -0.2) is 36.0 Å². The summed E-state index contributed by atoms with van der Waals surface area (Å²) in [4.78, 5) is 0. The zero-order chi connectivity index (χ0) is 16.0. The first-order valence-corrected chi connectivity index (χ1v) is 7.82. The maximum absolute atomic E-state index is 6.25. The fraction of sp³-hybridized carbons (Fsp3) is 1.00. The molecule has 0 aliphatic heterocycles. The molecule has 4 heteroatoms. The quantitative estimate of drug-likeness (QED) is 0.648. The SMILES string of the molecule is CCC(C)(CC(C)N)OC(C)CC(C)(C)OCC(C)N. The van der Waals surface area contributed by atoms with Gasteiger partial charge in [0.15, 0.2) is 0 Å². The highest BCUT2D eigenvalue weighted by molar-refractivity contribution is 4.81. The zero-order valence-electron chi connectivity index (χ0n) is 14.5. The van der Waals surface area contributed by atoms with Gasteiger partial charge in [0, 0.05) is 18.5 Å². The first kappa shape index (κ1) is 19.8. The molecule has 0 fully saturated rings. The summed E-state index contributed by atoms with van der Waals surface area (Å²) in [6, 6.07) is 0.207. The highest BCUT2D eigenvalue weighted by Gasteiger charge is 2.30. The van der Waals surface area contributed by atoms with Crippen molar-refractivity contribution in [3.63, 3.8) is 0 Å². The largest absolute Gasteiger partial charge is 0.374 e. The Morgan fingerprint density at radius 1 is 0.950 bits per heavy atom. The summed E-state index contributed by atoms with van der Waals surface area (Å²) < 4.78 is 12.1. The minimum absolute atomic E-state index is 0.0597. The second-order valence-corrected chi connectivity index (χ2v) is 7.17. The number of ether oxygens (including phenoxy) is 2. The van der Waals surface area contributed by atoms with Crippen molar-refractivity contribution in [3.8, 4) is 0 Å². The Morgan fingerprint density at radius 3 is 1.90 bits per heavy atom. The van der Waals surface area contributed by atoms with Gasteiger partial charge in [-0.1, -0.05) is 6.92 Å². The first-order valence-electron chi connectivity index (χ1n) is 7.82. The van der Waals surface area contributed by atoms with Crippen LogP contribution in [0.5, 0.6) is 0 Å². The van der Waals surface area contributed by atoms with Crippen LogP contribution in [0.25, 0.3) is 0 Å². The van der Waals surface area contributed by atoms with Crippen molar-refractivity contribution in [2.24, 2.45) is 11.5 Å². The van der Waals surface area contributed by atoms with E-state index in [4.69, 9.17) is 20.9 Å². The van der Waals surface area contributed by atoms with Crippen molar-refractivity contribution in [3.05, 3.63) is 0 Å². The molecule has 0 radical (unpaired) electrons. The molecule has 0 aromatic heterocycles. The van der Waals surface area contributed by atoms with E-state index in [0.29, 0.717) is 6.61 Å². The smallest absolute Gasteiger partial charge is 0.0670 e. The van der Waals surface area contributed by atoms with E-state index in [0.717, 1.165) is 19.3 Å². The van der Waals surface area contributed by atoms with Crippen molar-refractivity contribution in [1.82, 2.24) is 0 Å². The van der Waals surface area contributed by atoms with E-state index in [9.17, 15) is 0 Å². The van der Waals surface area contributed by atoms with Gasteiger partial charge in [0.25, 0.3) is 0 Å². The molecule has 0 bridgehead atoms. The Balaban J connectivity index is 4.41. The van der Waals surface area contributed by atoms with Gasteiger partial charge in [0.1, 0.15) is 0 Å². The Labute approximate surface area is 125 Å². The summed E-state index contributed by atoms with van der Waals surface area (Å²) in [5.74, 6) is 0. The molecule has 4 N–H and O–H groups in total. The average Bonchev–Trinajstić information content (AvgIpc) is 2.24. The molecule has 122 valence electrons. The van der Waals surface area contributed by atoms with E-state index in [-0.39, 0.29) is 29.4 Å². The summed E-state index contributed by atoms with van der Waals surface area (Å²) >= 11 is 0. The van der Waals surface area contributed by atoms with Crippen LogP contribution in [-0.2, 0) is 9.47 Å². The standard InChI is InChI=1S/C16H36N2O2/c1-8-16(7,9-12(2)17)20-14(4)10-15(5,6)19-11-13(3)18/h12-14H,8-11,17-18H2,1-7H3. The van der Waals surface area contributed by atoms with Crippen LogP contribution in [0.4, 0.5) is 0 Å². The Morgan fingerprint density at radius 2 is 1.50 bits per heavy atom. The van der Waals surface area contributed by atoms with Crippen molar-refractivity contribution >= 4 is 0 Å². The van der Waals surface area contributed by atoms with Gasteiger partial charge in [-0.25, -0.2) is 0 Å². The monoisotopic (exact) mass is 288 g/mol. The van der Waals surface area contributed by atoms with Gasteiger partial charge in [0.2, 0.25) is 0 Å². The van der Waals surface area contributed by atoms with Crippen LogP contribution >= 0.6 is 0 Å². The molecule has 0 rings (SSSR count). The Kier molecular flexibility index (Phi) is 8.26.